The molecular formula is C17H28O. The molecule has 0 aliphatic heterocycles. The van der Waals surface area contributed by atoms with Crippen molar-refractivity contribution in [3.8, 4) is 0 Å². The highest BCUT2D eigenvalue weighted by atomic mass is 16.3. The lowest BCUT2D eigenvalue weighted by Gasteiger charge is -2.13. The molecule has 1 heteroatoms. The third kappa shape index (κ3) is 4.81. The molecular weight excluding hydrogens is 220 g/mol. The van der Waals surface area contributed by atoms with Crippen LogP contribution in [0.15, 0.2) is 18.2 Å². The molecule has 1 nitrogen and oxygen atoms in total. The van der Waals surface area contributed by atoms with Gasteiger partial charge in [-0.05, 0) is 48.8 Å². The smallest absolute Gasteiger partial charge is 0.0787 e. The first-order valence-corrected chi connectivity index (χ1v) is 7.52. The lowest BCUT2D eigenvalue weighted by atomic mass is 9.96. The summed E-state index contributed by atoms with van der Waals surface area (Å²) in [6.07, 6.45) is 7.70. The molecule has 0 amide bonds. The van der Waals surface area contributed by atoms with E-state index in [1.807, 2.05) is 6.92 Å². The number of hydrogen-bond acceptors (Lipinski definition) is 1. The number of aliphatic hydroxyl groups excluding tert-OH is 1. The highest BCUT2D eigenvalue weighted by molar-refractivity contribution is 5.32. The van der Waals surface area contributed by atoms with E-state index in [2.05, 4.69) is 32.0 Å². The first kappa shape index (κ1) is 15.2. The van der Waals surface area contributed by atoms with Crippen molar-refractivity contribution in [1.82, 2.24) is 0 Å². The van der Waals surface area contributed by atoms with Gasteiger partial charge in [-0.3, -0.25) is 0 Å². The molecule has 1 atom stereocenters. The summed E-state index contributed by atoms with van der Waals surface area (Å²) in [4.78, 5) is 0. The van der Waals surface area contributed by atoms with Gasteiger partial charge in [-0.2, -0.15) is 0 Å². The second kappa shape index (κ2) is 8.31. The summed E-state index contributed by atoms with van der Waals surface area (Å²) in [6.45, 7) is 6.49. The van der Waals surface area contributed by atoms with Crippen LogP contribution in [0.2, 0.25) is 0 Å². The second-order valence-corrected chi connectivity index (χ2v) is 5.21. The molecule has 0 bridgehead atoms. The SMILES string of the molecule is CCCCc1cc(CCCC)cc(C(O)CC)c1. The van der Waals surface area contributed by atoms with Gasteiger partial charge < -0.3 is 5.11 Å². The van der Waals surface area contributed by atoms with Crippen LogP contribution in [0.5, 0.6) is 0 Å². The second-order valence-electron chi connectivity index (χ2n) is 5.21. The van der Waals surface area contributed by atoms with E-state index in [1.165, 1.54) is 36.8 Å². The summed E-state index contributed by atoms with van der Waals surface area (Å²) >= 11 is 0. The zero-order chi connectivity index (χ0) is 13.4. The molecule has 0 aliphatic carbocycles. The van der Waals surface area contributed by atoms with Crippen molar-refractivity contribution in [2.75, 3.05) is 0 Å². The normalized spacial score (nSPS) is 12.7. The van der Waals surface area contributed by atoms with E-state index in [4.69, 9.17) is 0 Å². The van der Waals surface area contributed by atoms with Crippen molar-refractivity contribution < 1.29 is 5.11 Å². The fraction of sp³-hybridized carbons (Fsp3) is 0.647. The van der Waals surface area contributed by atoms with Gasteiger partial charge in [-0.25, -0.2) is 0 Å². The van der Waals surface area contributed by atoms with Crippen LogP contribution in [0.4, 0.5) is 0 Å². The average molecular weight is 248 g/mol. The van der Waals surface area contributed by atoms with Gasteiger partial charge >= 0.3 is 0 Å². The number of benzene rings is 1. The Labute approximate surface area is 112 Å². The molecule has 0 radical (unpaired) electrons. The van der Waals surface area contributed by atoms with Gasteiger partial charge in [-0.1, -0.05) is 51.8 Å². The van der Waals surface area contributed by atoms with E-state index < -0.39 is 0 Å². The molecule has 1 aromatic carbocycles. The summed E-state index contributed by atoms with van der Waals surface area (Å²) in [5.41, 5.74) is 3.90. The molecule has 0 fully saturated rings. The van der Waals surface area contributed by atoms with Crippen LogP contribution in [0.3, 0.4) is 0 Å². The molecule has 102 valence electrons. The van der Waals surface area contributed by atoms with Gasteiger partial charge in [0, 0.05) is 0 Å². The highest BCUT2D eigenvalue weighted by Crippen LogP contribution is 2.22. The maximum atomic E-state index is 10.0. The summed E-state index contributed by atoms with van der Waals surface area (Å²) in [7, 11) is 0. The molecule has 0 saturated heterocycles. The van der Waals surface area contributed by atoms with E-state index >= 15 is 0 Å². The molecule has 18 heavy (non-hydrogen) atoms. The van der Waals surface area contributed by atoms with Gasteiger partial charge in [0.1, 0.15) is 0 Å². The average Bonchev–Trinajstić information content (AvgIpc) is 2.41. The van der Waals surface area contributed by atoms with Crippen LogP contribution in [0, 0.1) is 0 Å². The number of unbranched alkanes of at least 4 members (excludes halogenated alkanes) is 2. The standard InChI is InChI=1S/C17H28O/c1-4-7-9-14-11-15(10-8-5-2)13-16(12-14)17(18)6-3/h11-13,17-18H,4-10H2,1-3H3. The predicted octanol–water partition coefficient (Wildman–Crippen LogP) is 4.82. The van der Waals surface area contributed by atoms with Crippen LogP contribution in [-0.2, 0) is 12.8 Å². The molecule has 0 aromatic heterocycles. The molecule has 0 heterocycles. The maximum Gasteiger partial charge on any atom is 0.0787 e. The van der Waals surface area contributed by atoms with E-state index in [1.54, 1.807) is 0 Å². The fourth-order valence-electron chi connectivity index (χ4n) is 2.27. The number of rotatable bonds is 8. The Balaban J connectivity index is 2.88. The van der Waals surface area contributed by atoms with Crippen LogP contribution in [-0.4, -0.2) is 5.11 Å². The van der Waals surface area contributed by atoms with Crippen molar-refractivity contribution in [1.29, 1.82) is 0 Å². The summed E-state index contributed by atoms with van der Waals surface area (Å²) in [5.74, 6) is 0. The third-order valence-electron chi connectivity index (χ3n) is 3.48. The van der Waals surface area contributed by atoms with E-state index in [-0.39, 0.29) is 6.10 Å². The Bertz CT molecular complexity index is 317. The van der Waals surface area contributed by atoms with Crippen molar-refractivity contribution in [3.63, 3.8) is 0 Å². The van der Waals surface area contributed by atoms with Crippen LogP contribution >= 0.6 is 0 Å². The predicted molar refractivity (Wildman–Crippen MR) is 78.9 cm³/mol. The Kier molecular flexibility index (Phi) is 7.04. The molecule has 1 aromatic rings. The van der Waals surface area contributed by atoms with Gasteiger partial charge in [0.05, 0.1) is 6.10 Å². The topological polar surface area (TPSA) is 20.2 Å². The minimum absolute atomic E-state index is 0.299. The molecule has 0 saturated carbocycles. The van der Waals surface area contributed by atoms with E-state index in [9.17, 15) is 5.11 Å². The van der Waals surface area contributed by atoms with Crippen molar-refractivity contribution in [3.05, 3.63) is 34.9 Å². The molecule has 0 aliphatic rings. The van der Waals surface area contributed by atoms with Crippen molar-refractivity contribution >= 4 is 0 Å². The Morgan fingerprint density at radius 2 is 1.39 bits per heavy atom. The largest absolute Gasteiger partial charge is 0.388 e. The number of aliphatic hydroxyl groups is 1. The van der Waals surface area contributed by atoms with Gasteiger partial charge in [0.25, 0.3) is 0 Å². The zero-order valence-electron chi connectivity index (χ0n) is 12.2. The first-order chi connectivity index (χ1) is 8.71. The monoisotopic (exact) mass is 248 g/mol. The van der Waals surface area contributed by atoms with Crippen LogP contribution in [0.1, 0.15) is 75.7 Å². The minimum Gasteiger partial charge on any atom is -0.388 e. The maximum absolute atomic E-state index is 10.0. The highest BCUT2D eigenvalue weighted by Gasteiger charge is 2.08. The fourth-order valence-corrected chi connectivity index (χ4v) is 2.27. The Morgan fingerprint density at radius 3 is 1.78 bits per heavy atom. The van der Waals surface area contributed by atoms with Crippen LogP contribution in [0.25, 0.3) is 0 Å². The number of hydrogen-bond donors (Lipinski definition) is 1. The quantitative estimate of drug-likeness (QED) is 0.699. The number of aryl methyl sites for hydroxylation is 2. The van der Waals surface area contributed by atoms with Gasteiger partial charge in [0.15, 0.2) is 0 Å². The summed E-state index contributed by atoms with van der Waals surface area (Å²) in [5, 5.41) is 10.0. The first-order valence-electron chi connectivity index (χ1n) is 7.52. The van der Waals surface area contributed by atoms with E-state index in [0.29, 0.717) is 0 Å². The summed E-state index contributed by atoms with van der Waals surface area (Å²) in [6, 6.07) is 6.72. The zero-order valence-corrected chi connectivity index (χ0v) is 12.2. The summed E-state index contributed by atoms with van der Waals surface area (Å²) < 4.78 is 0. The van der Waals surface area contributed by atoms with Crippen LogP contribution < -0.4 is 0 Å². The molecule has 0 spiro atoms. The van der Waals surface area contributed by atoms with E-state index in [0.717, 1.165) is 24.8 Å². The van der Waals surface area contributed by atoms with Gasteiger partial charge in [0.2, 0.25) is 0 Å². The van der Waals surface area contributed by atoms with Gasteiger partial charge in [-0.15, -0.1) is 0 Å². The third-order valence-corrected chi connectivity index (χ3v) is 3.48. The molecule has 1 unspecified atom stereocenters. The molecule has 1 rings (SSSR count). The molecule has 1 N–H and O–H groups in total. The van der Waals surface area contributed by atoms with Crippen molar-refractivity contribution in [2.24, 2.45) is 0 Å². The minimum atomic E-state index is -0.299. The lowest BCUT2D eigenvalue weighted by Crippen LogP contribution is -2.00. The van der Waals surface area contributed by atoms with Crippen molar-refractivity contribution in [2.45, 2.75) is 71.8 Å². The Hall–Kier alpha value is -0.820. The Morgan fingerprint density at radius 1 is 0.889 bits per heavy atom. The lowest BCUT2D eigenvalue weighted by molar-refractivity contribution is 0.173.